The third-order valence-electron chi connectivity index (χ3n) is 9.20. The van der Waals surface area contributed by atoms with Gasteiger partial charge in [0.05, 0.1) is 24.3 Å². The Hall–Kier alpha value is -2.06. The molecule has 330 valence electrons. The van der Waals surface area contributed by atoms with E-state index in [0.29, 0.717) is 78.3 Å². The van der Waals surface area contributed by atoms with Crippen LogP contribution < -0.4 is 54.8 Å². The molecule has 4 atom stereocenters. The lowest BCUT2D eigenvalue weighted by molar-refractivity contribution is -0.124. The highest BCUT2D eigenvalue weighted by atomic mass is 16.3. The van der Waals surface area contributed by atoms with Crippen molar-refractivity contribution in [2.75, 3.05) is 118 Å². The molecule has 2 amide bonds. The second-order valence-corrected chi connectivity index (χ2v) is 14.4. The highest BCUT2D eigenvalue weighted by Gasteiger charge is 2.21. The predicted molar refractivity (Wildman–Crippen MR) is 232 cm³/mol. The van der Waals surface area contributed by atoms with Gasteiger partial charge in [-0.1, -0.05) is 38.2 Å². The molecule has 0 aromatic carbocycles. The number of amides is 2. The first kappa shape index (κ1) is 53.9. The van der Waals surface area contributed by atoms with Gasteiger partial charge >= 0.3 is 0 Å². The molecule has 56 heavy (non-hydrogen) atoms. The Bertz CT molecular complexity index is 890. The molecular formula is C40H86N12O4. The van der Waals surface area contributed by atoms with Gasteiger partial charge in [0.2, 0.25) is 11.8 Å². The van der Waals surface area contributed by atoms with E-state index < -0.39 is 12.2 Å². The van der Waals surface area contributed by atoms with E-state index in [1.807, 2.05) is 0 Å². The number of aliphatic hydroxyl groups excluding tert-OH is 2. The molecular weight excluding hydrogens is 713 g/mol. The summed E-state index contributed by atoms with van der Waals surface area (Å²) in [6, 6.07) is -0.691. The predicted octanol–water partition coefficient (Wildman–Crippen LogP) is -1.47. The average Bonchev–Trinajstić information content (AvgIpc) is 3.19. The molecule has 16 nitrogen and oxygen atoms in total. The lowest BCUT2D eigenvalue weighted by atomic mass is 10.1. The summed E-state index contributed by atoms with van der Waals surface area (Å²) >= 11 is 0. The second-order valence-electron chi connectivity index (χ2n) is 14.4. The smallest absolute Gasteiger partial charge is 0.237 e. The first-order chi connectivity index (χ1) is 27.3. The van der Waals surface area contributed by atoms with Crippen LogP contribution >= 0.6 is 0 Å². The van der Waals surface area contributed by atoms with E-state index in [2.05, 4.69) is 79.9 Å². The molecule has 0 fully saturated rings. The van der Waals surface area contributed by atoms with Crippen molar-refractivity contribution in [3.05, 3.63) is 24.3 Å². The molecule has 0 aromatic heterocycles. The summed E-state index contributed by atoms with van der Waals surface area (Å²) in [5, 5.41) is 41.1. The van der Waals surface area contributed by atoms with Crippen molar-refractivity contribution in [2.45, 2.75) is 102 Å². The molecule has 0 aromatic rings. The van der Waals surface area contributed by atoms with E-state index in [0.717, 1.165) is 90.6 Å². The topological polar surface area (TPSA) is 257 Å². The van der Waals surface area contributed by atoms with E-state index >= 15 is 0 Å². The summed E-state index contributed by atoms with van der Waals surface area (Å²) in [6.07, 6.45) is 15.4. The van der Waals surface area contributed by atoms with Gasteiger partial charge in [-0.3, -0.25) is 19.4 Å². The zero-order chi connectivity index (χ0) is 41.5. The molecule has 0 bridgehead atoms. The number of hydrogen-bond acceptors (Lipinski definition) is 14. The van der Waals surface area contributed by atoms with Crippen LogP contribution in [0.1, 0.15) is 78.1 Å². The summed E-state index contributed by atoms with van der Waals surface area (Å²) < 4.78 is 0. The van der Waals surface area contributed by atoms with Gasteiger partial charge in [0, 0.05) is 65.4 Å². The Kier molecular flexibility index (Phi) is 38.3. The first-order valence-corrected chi connectivity index (χ1v) is 21.6. The first-order valence-electron chi connectivity index (χ1n) is 21.6. The number of nitrogens with one attached hydrogen (secondary N) is 6. The SMILES string of the molecule is CCC=CCN(CCCCN(CC=CCC)CC(O)CNC(=O)C(CCCNCCN)NCCCN)CC(O)CNC(=O)C(CCCNCCN)NCCCN. The number of carbonyl (C=O) groups excluding carboxylic acids is 2. The van der Waals surface area contributed by atoms with Crippen LogP contribution in [0.3, 0.4) is 0 Å². The van der Waals surface area contributed by atoms with Gasteiger partial charge in [0.15, 0.2) is 0 Å². The van der Waals surface area contributed by atoms with Crippen LogP contribution in [0.25, 0.3) is 0 Å². The third kappa shape index (κ3) is 32.0. The lowest BCUT2D eigenvalue weighted by Gasteiger charge is -2.27. The standard InChI is InChI=1S/C40H86N12O4/c1-3-5-7-27-51(33-35(53)31-49-39(55)37(47-23-13-17-41)15-11-21-45-25-19-43)29-9-10-30-52(28-8-6-4-2)34-36(54)32-50-40(56)38(48-24-14-18-42)16-12-22-46-26-20-44/h5-8,35-38,45-48,53-54H,3-4,9-34,41-44H2,1-2H3,(H,49,55)(H,50,56). The van der Waals surface area contributed by atoms with E-state index in [9.17, 15) is 19.8 Å². The maximum atomic E-state index is 13.1. The summed E-state index contributed by atoms with van der Waals surface area (Å²) in [7, 11) is 0. The van der Waals surface area contributed by atoms with Crippen molar-refractivity contribution in [3.8, 4) is 0 Å². The van der Waals surface area contributed by atoms with Gasteiger partial charge in [-0.15, -0.1) is 0 Å². The molecule has 0 spiro atoms. The molecule has 4 unspecified atom stereocenters. The van der Waals surface area contributed by atoms with Crippen molar-refractivity contribution in [3.63, 3.8) is 0 Å². The Balaban J connectivity index is 5.11. The molecule has 0 aliphatic carbocycles. The molecule has 0 aliphatic heterocycles. The van der Waals surface area contributed by atoms with Crippen LogP contribution in [0, 0.1) is 0 Å². The maximum Gasteiger partial charge on any atom is 0.237 e. The Morgan fingerprint density at radius 1 is 0.554 bits per heavy atom. The zero-order valence-corrected chi connectivity index (χ0v) is 35.3. The Morgan fingerprint density at radius 3 is 1.32 bits per heavy atom. The van der Waals surface area contributed by atoms with Crippen molar-refractivity contribution >= 4 is 11.8 Å². The minimum atomic E-state index is -0.714. The zero-order valence-electron chi connectivity index (χ0n) is 35.3. The fraction of sp³-hybridized carbons (Fsp3) is 0.850. The number of hydrogen-bond donors (Lipinski definition) is 12. The molecule has 0 rings (SSSR count). The van der Waals surface area contributed by atoms with E-state index in [4.69, 9.17) is 22.9 Å². The molecule has 16 heteroatoms. The third-order valence-corrected chi connectivity index (χ3v) is 9.20. The summed E-state index contributed by atoms with van der Waals surface area (Å²) in [5.74, 6) is -0.219. The van der Waals surface area contributed by atoms with Gasteiger partial charge < -0.3 is 65.0 Å². The monoisotopic (exact) mass is 799 g/mol. The number of nitrogens with two attached hydrogens (primary N) is 4. The minimum absolute atomic E-state index is 0.109. The van der Waals surface area contributed by atoms with Crippen molar-refractivity contribution < 1.29 is 19.8 Å². The number of aliphatic hydroxyl groups is 2. The quantitative estimate of drug-likeness (QED) is 0.0249. The van der Waals surface area contributed by atoms with E-state index in [1.165, 1.54) is 0 Å². The number of allylic oxidation sites excluding steroid dienone is 2. The number of rotatable bonds is 41. The fourth-order valence-electron chi connectivity index (χ4n) is 6.10. The highest BCUT2D eigenvalue weighted by Crippen LogP contribution is 2.05. The molecule has 0 saturated heterocycles. The van der Waals surface area contributed by atoms with E-state index in [-0.39, 0.29) is 37.0 Å². The molecule has 0 radical (unpaired) electrons. The summed E-state index contributed by atoms with van der Waals surface area (Å²) in [6.45, 7) is 15.1. The molecule has 0 heterocycles. The molecule has 16 N–H and O–H groups in total. The van der Waals surface area contributed by atoms with Crippen LogP contribution in [0.2, 0.25) is 0 Å². The van der Waals surface area contributed by atoms with Crippen molar-refractivity contribution in [1.29, 1.82) is 0 Å². The van der Waals surface area contributed by atoms with Crippen LogP contribution in [0.4, 0.5) is 0 Å². The summed E-state index contributed by atoms with van der Waals surface area (Å²) in [4.78, 5) is 30.6. The van der Waals surface area contributed by atoms with E-state index in [1.54, 1.807) is 0 Å². The second kappa shape index (κ2) is 39.8. The molecule has 0 saturated carbocycles. The van der Waals surface area contributed by atoms with Crippen LogP contribution in [-0.4, -0.2) is 174 Å². The molecule has 0 aliphatic rings. The van der Waals surface area contributed by atoms with Gasteiger partial charge in [0.1, 0.15) is 0 Å². The Morgan fingerprint density at radius 2 is 0.964 bits per heavy atom. The largest absolute Gasteiger partial charge is 0.390 e. The number of unbranched alkanes of at least 4 members (excludes halogenated alkanes) is 1. The maximum absolute atomic E-state index is 13.1. The van der Waals surface area contributed by atoms with Crippen LogP contribution in [0.15, 0.2) is 24.3 Å². The van der Waals surface area contributed by atoms with Gasteiger partial charge in [-0.2, -0.15) is 0 Å². The van der Waals surface area contributed by atoms with Gasteiger partial charge in [-0.05, 0) is 117 Å². The van der Waals surface area contributed by atoms with Crippen molar-refractivity contribution in [1.82, 2.24) is 41.7 Å². The average molecular weight is 799 g/mol. The number of carbonyl (C=O) groups is 2. The number of nitrogens with zero attached hydrogens (tertiary/aromatic N) is 2. The minimum Gasteiger partial charge on any atom is -0.390 e. The van der Waals surface area contributed by atoms with Crippen molar-refractivity contribution in [2.24, 2.45) is 22.9 Å². The summed E-state index contributed by atoms with van der Waals surface area (Å²) in [5.41, 5.74) is 22.4. The van der Waals surface area contributed by atoms with Gasteiger partial charge in [-0.25, -0.2) is 0 Å². The Labute approximate surface area is 340 Å². The van der Waals surface area contributed by atoms with Gasteiger partial charge in [0.25, 0.3) is 0 Å². The van der Waals surface area contributed by atoms with Crippen LogP contribution in [-0.2, 0) is 9.59 Å². The fourth-order valence-corrected chi connectivity index (χ4v) is 6.10. The normalized spacial score (nSPS) is 14.2. The van der Waals surface area contributed by atoms with Crippen LogP contribution in [0.5, 0.6) is 0 Å². The highest BCUT2D eigenvalue weighted by molar-refractivity contribution is 5.82. The lowest BCUT2D eigenvalue weighted by Crippen LogP contribution is -2.48.